The highest BCUT2D eigenvalue weighted by atomic mass is 33.1. The molecule has 0 aliphatic rings. The van der Waals surface area contributed by atoms with Crippen LogP contribution in [-0.4, -0.2) is 0 Å². The Bertz CT molecular complexity index is 672. The molecule has 4 rings (SSSR count). The molecule has 0 spiro atoms. The van der Waals surface area contributed by atoms with Crippen LogP contribution in [0.4, 0.5) is 0 Å². The summed E-state index contributed by atoms with van der Waals surface area (Å²) < 4.78 is 0. The van der Waals surface area contributed by atoms with Crippen molar-refractivity contribution in [2.24, 2.45) is 0 Å². The fraction of sp³-hybridized carbons (Fsp3) is 0.111. The van der Waals surface area contributed by atoms with Gasteiger partial charge >= 0.3 is 0 Å². The molecule has 0 aromatic carbocycles. The van der Waals surface area contributed by atoms with Gasteiger partial charge in [-0.1, -0.05) is 45.9 Å². The van der Waals surface area contributed by atoms with Gasteiger partial charge in [0.15, 0.2) is 0 Å². The molecule has 122 valence electrons. The maximum atomic E-state index is 2.26. The highest BCUT2D eigenvalue weighted by molar-refractivity contribution is 8.77. The highest BCUT2D eigenvalue weighted by Crippen LogP contribution is 2.53. The van der Waals surface area contributed by atoms with E-state index in [-0.39, 0.29) is 0 Å². The maximum Gasteiger partial charge on any atom is 0.0837 e. The Morgan fingerprint density at radius 3 is 1.00 bits per heavy atom. The summed E-state index contributed by atoms with van der Waals surface area (Å²) in [5, 5.41) is 9.54. The van der Waals surface area contributed by atoms with Crippen LogP contribution >= 0.6 is 66.9 Å². The molecule has 0 nitrogen and oxygen atoms in total. The highest BCUT2D eigenvalue weighted by Gasteiger charge is 2.23. The van der Waals surface area contributed by atoms with Crippen LogP contribution in [-0.2, 0) is 0 Å². The van der Waals surface area contributed by atoms with Crippen LogP contribution in [0.1, 0.15) is 30.0 Å². The second-order valence-electron chi connectivity index (χ2n) is 5.01. The molecule has 0 atom stereocenters. The number of hydrogen-bond donors (Lipinski definition) is 0. The SMILES string of the molecule is c1csc(C(SSC(c2cccs2)c2cccs2)c2cccs2)c1. The Hall–Kier alpha value is -0.500. The molecule has 4 heterocycles. The number of rotatable bonds is 7. The molecule has 0 saturated carbocycles. The van der Waals surface area contributed by atoms with Crippen molar-refractivity contribution < 1.29 is 0 Å². The van der Waals surface area contributed by atoms with E-state index in [1.165, 1.54) is 19.5 Å². The predicted molar refractivity (Wildman–Crippen MR) is 116 cm³/mol. The first-order valence-electron chi connectivity index (χ1n) is 7.37. The molecule has 0 aliphatic carbocycles. The summed E-state index contributed by atoms with van der Waals surface area (Å²) in [6, 6.07) is 17.6. The van der Waals surface area contributed by atoms with Gasteiger partial charge in [-0.05, 0) is 45.8 Å². The third-order valence-electron chi connectivity index (χ3n) is 3.45. The molecular weight excluding hydrogens is 409 g/mol. The van der Waals surface area contributed by atoms with Crippen molar-refractivity contribution in [1.82, 2.24) is 0 Å². The first-order chi connectivity index (χ1) is 11.9. The normalized spacial score (nSPS) is 11.6. The third kappa shape index (κ3) is 3.84. The summed E-state index contributed by atoms with van der Waals surface area (Å²) >= 11 is 7.41. The smallest absolute Gasteiger partial charge is 0.0837 e. The van der Waals surface area contributed by atoms with E-state index < -0.39 is 0 Å². The maximum absolute atomic E-state index is 2.26. The first kappa shape index (κ1) is 16.9. The Kier molecular flexibility index (Phi) is 5.83. The lowest BCUT2D eigenvalue weighted by atomic mass is 10.3. The quantitative estimate of drug-likeness (QED) is 0.275. The lowest BCUT2D eigenvalue weighted by Crippen LogP contribution is -1.93. The van der Waals surface area contributed by atoms with Crippen molar-refractivity contribution in [3.63, 3.8) is 0 Å². The fourth-order valence-electron chi connectivity index (χ4n) is 2.34. The largest absolute Gasteiger partial charge is 0.147 e. The molecule has 0 saturated heterocycles. The van der Waals surface area contributed by atoms with Crippen molar-refractivity contribution in [3.8, 4) is 0 Å². The lowest BCUT2D eigenvalue weighted by molar-refractivity contribution is 1.26. The monoisotopic (exact) mass is 422 g/mol. The minimum Gasteiger partial charge on any atom is -0.147 e. The Morgan fingerprint density at radius 1 is 0.500 bits per heavy atom. The van der Waals surface area contributed by atoms with Crippen molar-refractivity contribution in [2.45, 2.75) is 10.5 Å². The van der Waals surface area contributed by atoms with Crippen LogP contribution < -0.4 is 0 Å². The third-order valence-corrected chi connectivity index (χ3v) is 10.8. The second kappa shape index (κ2) is 8.25. The van der Waals surface area contributed by atoms with Crippen LogP contribution in [0.5, 0.6) is 0 Å². The van der Waals surface area contributed by atoms with Gasteiger partial charge < -0.3 is 0 Å². The summed E-state index contributed by atoms with van der Waals surface area (Å²) in [4.78, 5) is 5.74. The van der Waals surface area contributed by atoms with E-state index in [0.29, 0.717) is 10.5 Å². The predicted octanol–water partition coefficient (Wildman–Crippen LogP) is 8.19. The van der Waals surface area contributed by atoms with E-state index in [1.54, 1.807) is 0 Å². The molecule has 0 fully saturated rings. The van der Waals surface area contributed by atoms with E-state index in [0.717, 1.165) is 0 Å². The van der Waals surface area contributed by atoms with E-state index in [1.807, 2.05) is 66.9 Å². The summed E-state index contributed by atoms with van der Waals surface area (Å²) in [7, 11) is 3.98. The van der Waals surface area contributed by atoms with Crippen molar-refractivity contribution >= 4 is 66.9 Å². The molecule has 4 aromatic heterocycles. The fourth-order valence-corrected chi connectivity index (χ4v) is 10.2. The van der Waals surface area contributed by atoms with E-state index >= 15 is 0 Å². The molecule has 0 bridgehead atoms. The van der Waals surface area contributed by atoms with Crippen LogP contribution in [0.25, 0.3) is 0 Å². The Labute approximate surface area is 166 Å². The molecule has 0 amide bonds. The minimum atomic E-state index is 0.414. The van der Waals surface area contributed by atoms with Gasteiger partial charge in [-0.3, -0.25) is 0 Å². The standard InChI is InChI=1S/C18H14S6/c1-5-13(19-9-1)17(14-6-2-10-20-14)23-24-18(15-7-3-11-21-15)16-8-4-12-22-16/h1-12,17-18H. The molecule has 6 heteroatoms. The molecular formula is C18H14S6. The Morgan fingerprint density at radius 2 is 0.792 bits per heavy atom. The molecule has 0 unspecified atom stereocenters. The van der Waals surface area contributed by atoms with Gasteiger partial charge in [0.2, 0.25) is 0 Å². The number of thiophene rings is 4. The number of hydrogen-bond acceptors (Lipinski definition) is 6. The summed E-state index contributed by atoms with van der Waals surface area (Å²) in [6.45, 7) is 0. The second-order valence-corrected chi connectivity index (χ2v) is 11.4. The van der Waals surface area contributed by atoms with Gasteiger partial charge in [0.1, 0.15) is 0 Å². The summed E-state index contributed by atoms with van der Waals surface area (Å²) in [6.07, 6.45) is 0. The molecule has 0 aliphatic heterocycles. The Balaban J connectivity index is 1.58. The van der Waals surface area contributed by atoms with Gasteiger partial charge in [0.25, 0.3) is 0 Å². The van der Waals surface area contributed by atoms with E-state index in [9.17, 15) is 0 Å². The van der Waals surface area contributed by atoms with E-state index in [4.69, 9.17) is 0 Å². The molecule has 0 radical (unpaired) electrons. The topological polar surface area (TPSA) is 0 Å². The first-order valence-corrected chi connectivity index (χ1v) is 13.2. The van der Waals surface area contributed by atoms with Gasteiger partial charge in [0, 0.05) is 19.5 Å². The van der Waals surface area contributed by atoms with Crippen LogP contribution in [0.15, 0.2) is 70.1 Å². The van der Waals surface area contributed by atoms with Crippen molar-refractivity contribution in [3.05, 3.63) is 89.6 Å². The van der Waals surface area contributed by atoms with Crippen molar-refractivity contribution in [1.29, 1.82) is 0 Å². The molecule has 4 aromatic rings. The summed E-state index contributed by atoms with van der Waals surface area (Å²) in [5.74, 6) is 0. The van der Waals surface area contributed by atoms with E-state index in [2.05, 4.69) is 70.1 Å². The summed E-state index contributed by atoms with van der Waals surface area (Å²) in [5.41, 5.74) is 0. The van der Waals surface area contributed by atoms with Crippen LogP contribution in [0, 0.1) is 0 Å². The lowest BCUT2D eigenvalue weighted by Gasteiger charge is -2.18. The van der Waals surface area contributed by atoms with Gasteiger partial charge in [-0.15, -0.1) is 45.3 Å². The van der Waals surface area contributed by atoms with Crippen molar-refractivity contribution in [2.75, 3.05) is 0 Å². The molecule has 24 heavy (non-hydrogen) atoms. The van der Waals surface area contributed by atoms with Gasteiger partial charge in [0.05, 0.1) is 10.5 Å². The van der Waals surface area contributed by atoms with Gasteiger partial charge in [-0.2, -0.15) is 0 Å². The van der Waals surface area contributed by atoms with Crippen LogP contribution in [0.3, 0.4) is 0 Å². The average Bonchev–Trinajstić information content (AvgIpc) is 3.42. The average molecular weight is 423 g/mol. The minimum absolute atomic E-state index is 0.414. The zero-order valence-electron chi connectivity index (χ0n) is 12.5. The van der Waals surface area contributed by atoms with Gasteiger partial charge in [-0.25, -0.2) is 0 Å². The zero-order valence-corrected chi connectivity index (χ0v) is 17.4. The zero-order chi connectivity index (χ0) is 16.2. The van der Waals surface area contributed by atoms with Crippen LogP contribution in [0.2, 0.25) is 0 Å². The molecule has 0 N–H and O–H groups in total.